The van der Waals surface area contributed by atoms with Crippen molar-refractivity contribution >= 4 is 11.8 Å². The van der Waals surface area contributed by atoms with E-state index in [-0.39, 0.29) is 11.7 Å². The second-order valence-electron chi connectivity index (χ2n) is 5.21. The summed E-state index contributed by atoms with van der Waals surface area (Å²) in [6.45, 7) is 5.62. The van der Waals surface area contributed by atoms with Gasteiger partial charge >= 0.3 is 5.97 Å². The third kappa shape index (κ3) is 2.84. The van der Waals surface area contributed by atoms with Crippen LogP contribution in [0.25, 0.3) is 0 Å². The van der Waals surface area contributed by atoms with Gasteiger partial charge in [-0.2, -0.15) is 0 Å². The summed E-state index contributed by atoms with van der Waals surface area (Å²) in [4.78, 5) is 24.3. The molecule has 0 aliphatic heterocycles. The molecular weight excluding hydrogens is 268 g/mol. The van der Waals surface area contributed by atoms with Gasteiger partial charge in [0, 0.05) is 30.9 Å². The molecule has 0 saturated heterocycles. The Kier molecular flexibility index (Phi) is 4.46. The van der Waals surface area contributed by atoms with Crippen molar-refractivity contribution in [2.24, 2.45) is 5.92 Å². The van der Waals surface area contributed by atoms with Crippen LogP contribution < -0.4 is 0 Å². The summed E-state index contributed by atoms with van der Waals surface area (Å²) in [5.74, 6) is -0.255. The maximum Gasteiger partial charge on any atom is 0.303 e. The molecule has 0 aromatic heterocycles. The smallest absolute Gasteiger partial charge is 0.303 e. The summed E-state index contributed by atoms with van der Waals surface area (Å²) in [7, 11) is 0. The first-order chi connectivity index (χ1) is 10.0. The fourth-order valence-corrected chi connectivity index (χ4v) is 2.84. The highest BCUT2D eigenvalue weighted by Gasteiger charge is 2.50. The quantitative estimate of drug-likeness (QED) is 0.799. The summed E-state index contributed by atoms with van der Waals surface area (Å²) in [6, 6.07) is 9.17. The number of carbonyl (C=O) groups is 2. The van der Waals surface area contributed by atoms with Gasteiger partial charge in [0.15, 0.2) is 0 Å². The number of allylic oxidation sites excluding steroid dienone is 1. The largest absolute Gasteiger partial charge is 0.498 e. The van der Waals surface area contributed by atoms with Crippen molar-refractivity contribution in [2.45, 2.75) is 32.8 Å². The zero-order valence-corrected chi connectivity index (χ0v) is 12.6. The molecule has 4 heteroatoms. The van der Waals surface area contributed by atoms with Gasteiger partial charge in [-0.15, -0.1) is 0 Å². The minimum Gasteiger partial charge on any atom is -0.498 e. The first-order valence-electron chi connectivity index (χ1n) is 7.13. The van der Waals surface area contributed by atoms with Gasteiger partial charge in [-0.3, -0.25) is 9.59 Å². The van der Waals surface area contributed by atoms with Crippen molar-refractivity contribution in [2.75, 3.05) is 6.61 Å². The number of ether oxygens (including phenoxy) is 2. The second kappa shape index (κ2) is 6.12. The van der Waals surface area contributed by atoms with E-state index in [1.165, 1.54) is 13.0 Å². The Morgan fingerprint density at radius 1 is 1.33 bits per heavy atom. The van der Waals surface area contributed by atoms with E-state index in [1.807, 2.05) is 44.2 Å². The number of benzene rings is 1. The SMILES string of the molecule is CCOC1=CC(=O)C(OC(C)=O)(c2ccccc2)C(C)C1. The molecule has 0 bridgehead atoms. The molecule has 0 N–H and O–H groups in total. The average molecular weight is 288 g/mol. The fraction of sp³-hybridized carbons (Fsp3) is 0.412. The summed E-state index contributed by atoms with van der Waals surface area (Å²) < 4.78 is 11.0. The minimum atomic E-state index is -1.26. The predicted molar refractivity (Wildman–Crippen MR) is 78.4 cm³/mol. The molecule has 1 aromatic rings. The van der Waals surface area contributed by atoms with E-state index in [2.05, 4.69) is 0 Å². The molecule has 0 radical (unpaired) electrons. The van der Waals surface area contributed by atoms with Crippen molar-refractivity contribution in [3.8, 4) is 0 Å². The normalized spacial score (nSPS) is 25.2. The molecule has 1 aliphatic carbocycles. The highest BCUT2D eigenvalue weighted by Crippen LogP contribution is 2.42. The Hall–Kier alpha value is -2.10. The minimum absolute atomic E-state index is 0.192. The number of hydrogen-bond acceptors (Lipinski definition) is 4. The van der Waals surface area contributed by atoms with Crippen molar-refractivity contribution in [3.63, 3.8) is 0 Å². The van der Waals surface area contributed by atoms with Crippen LogP contribution in [0.15, 0.2) is 42.2 Å². The lowest BCUT2D eigenvalue weighted by atomic mass is 9.73. The van der Waals surface area contributed by atoms with Gasteiger partial charge in [-0.25, -0.2) is 0 Å². The molecule has 112 valence electrons. The zero-order chi connectivity index (χ0) is 15.5. The Bertz CT molecular complexity index is 561. The van der Waals surface area contributed by atoms with Crippen LogP contribution in [0.1, 0.15) is 32.8 Å². The molecule has 0 saturated carbocycles. The first kappa shape index (κ1) is 15.3. The van der Waals surface area contributed by atoms with Crippen LogP contribution >= 0.6 is 0 Å². The van der Waals surface area contributed by atoms with E-state index in [0.717, 1.165) is 0 Å². The maximum atomic E-state index is 12.7. The van der Waals surface area contributed by atoms with E-state index in [0.29, 0.717) is 24.4 Å². The second-order valence-corrected chi connectivity index (χ2v) is 5.21. The highest BCUT2D eigenvalue weighted by molar-refractivity contribution is 6.00. The van der Waals surface area contributed by atoms with Crippen LogP contribution in [0.3, 0.4) is 0 Å². The highest BCUT2D eigenvalue weighted by atomic mass is 16.6. The van der Waals surface area contributed by atoms with E-state index in [9.17, 15) is 9.59 Å². The van der Waals surface area contributed by atoms with Gasteiger partial charge < -0.3 is 9.47 Å². The van der Waals surface area contributed by atoms with Gasteiger partial charge in [0.05, 0.1) is 6.61 Å². The van der Waals surface area contributed by atoms with Crippen LogP contribution in [0, 0.1) is 5.92 Å². The summed E-state index contributed by atoms with van der Waals surface area (Å²) >= 11 is 0. The molecule has 0 fully saturated rings. The Labute approximate surface area is 124 Å². The van der Waals surface area contributed by atoms with Crippen LogP contribution in [-0.2, 0) is 24.7 Å². The molecule has 4 nitrogen and oxygen atoms in total. The van der Waals surface area contributed by atoms with E-state index in [1.54, 1.807) is 0 Å². The third-order valence-electron chi connectivity index (χ3n) is 3.70. The molecule has 21 heavy (non-hydrogen) atoms. The lowest BCUT2D eigenvalue weighted by Crippen LogP contribution is -2.47. The van der Waals surface area contributed by atoms with Gasteiger partial charge in [0.2, 0.25) is 11.4 Å². The molecule has 2 atom stereocenters. The number of hydrogen-bond donors (Lipinski definition) is 0. The van der Waals surface area contributed by atoms with E-state index < -0.39 is 11.6 Å². The zero-order valence-electron chi connectivity index (χ0n) is 12.6. The molecule has 1 aliphatic rings. The van der Waals surface area contributed by atoms with Crippen LogP contribution in [0.2, 0.25) is 0 Å². The lowest BCUT2D eigenvalue weighted by molar-refractivity contribution is -0.173. The van der Waals surface area contributed by atoms with Crippen LogP contribution in [0.5, 0.6) is 0 Å². The van der Waals surface area contributed by atoms with Gasteiger partial charge in [0.25, 0.3) is 0 Å². The third-order valence-corrected chi connectivity index (χ3v) is 3.70. The molecule has 0 amide bonds. The lowest BCUT2D eigenvalue weighted by Gasteiger charge is -2.39. The molecule has 2 unspecified atom stereocenters. The van der Waals surface area contributed by atoms with Gasteiger partial charge in [-0.05, 0) is 6.92 Å². The average Bonchev–Trinajstić information content (AvgIpc) is 2.44. The molecule has 2 rings (SSSR count). The van der Waals surface area contributed by atoms with Gasteiger partial charge in [-0.1, -0.05) is 37.3 Å². The number of rotatable bonds is 4. The molecule has 0 heterocycles. The number of carbonyl (C=O) groups excluding carboxylic acids is 2. The monoisotopic (exact) mass is 288 g/mol. The van der Waals surface area contributed by atoms with Crippen molar-refractivity contribution < 1.29 is 19.1 Å². The van der Waals surface area contributed by atoms with Crippen molar-refractivity contribution in [1.82, 2.24) is 0 Å². The Morgan fingerprint density at radius 3 is 2.52 bits per heavy atom. The number of ketones is 1. The van der Waals surface area contributed by atoms with Crippen LogP contribution in [0.4, 0.5) is 0 Å². The number of esters is 1. The fourth-order valence-electron chi connectivity index (χ4n) is 2.84. The summed E-state index contributed by atoms with van der Waals surface area (Å²) in [5, 5.41) is 0. The summed E-state index contributed by atoms with van der Waals surface area (Å²) in [5.41, 5.74) is -0.558. The molecule has 0 spiro atoms. The topological polar surface area (TPSA) is 52.6 Å². The molecule has 1 aromatic carbocycles. The van der Waals surface area contributed by atoms with E-state index >= 15 is 0 Å². The Morgan fingerprint density at radius 2 is 2.00 bits per heavy atom. The van der Waals surface area contributed by atoms with Crippen molar-refractivity contribution in [1.29, 1.82) is 0 Å². The maximum absolute atomic E-state index is 12.7. The van der Waals surface area contributed by atoms with Crippen LogP contribution in [-0.4, -0.2) is 18.4 Å². The summed E-state index contributed by atoms with van der Waals surface area (Å²) in [6.07, 6.45) is 2.02. The molecular formula is C17H20O4. The standard InChI is InChI=1S/C17H20O4/c1-4-20-15-10-12(2)17(16(19)11-15,21-13(3)18)14-8-6-5-7-9-14/h5-9,11-12H,4,10H2,1-3H3. The first-order valence-corrected chi connectivity index (χ1v) is 7.13. The Balaban J connectivity index is 2.51. The van der Waals surface area contributed by atoms with Crippen molar-refractivity contribution in [3.05, 3.63) is 47.7 Å². The van der Waals surface area contributed by atoms with E-state index in [4.69, 9.17) is 9.47 Å². The van der Waals surface area contributed by atoms with Gasteiger partial charge in [0.1, 0.15) is 5.76 Å². The predicted octanol–water partition coefficient (Wildman–Crippen LogP) is 2.97.